The van der Waals surface area contributed by atoms with Crippen molar-refractivity contribution in [3.63, 3.8) is 0 Å². The lowest BCUT2D eigenvalue weighted by Gasteiger charge is -2.19. The van der Waals surface area contributed by atoms with E-state index in [1.807, 2.05) is 0 Å². The van der Waals surface area contributed by atoms with Crippen LogP contribution < -0.4 is 10.0 Å². The fraction of sp³-hybridized carbons (Fsp3) is 0.318. The first-order valence-corrected chi connectivity index (χ1v) is 10.7. The molecular formula is C22H28N2O3S. The second-order valence-electron chi connectivity index (χ2n) is 7.62. The molecule has 2 aromatic rings. The van der Waals surface area contributed by atoms with E-state index in [1.165, 1.54) is 23.8 Å². The number of nitrogens with one attached hydrogen (secondary N) is 2. The molecule has 0 aliphatic heterocycles. The Morgan fingerprint density at radius 2 is 1.79 bits per heavy atom. The van der Waals surface area contributed by atoms with Gasteiger partial charge in [-0.1, -0.05) is 57.2 Å². The van der Waals surface area contributed by atoms with Gasteiger partial charge in [-0.15, -0.1) is 6.58 Å². The average molecular weight is 401 g/mol. The highest BCUT2D eigenvalue weighted by atomic mass is 32.2. The summed E-state index contributed by atoms with van der Waals surface area (Å²) in [6.45, 7) is 10.6. The third kappa shape index (κ3) is 6.04. The van der Waals surface area contributed by atoms with Crippen LogP contribution in [-0.2, 0) is 21.9 Å². The van der Waals surface area contributed by atoms with E-state index in [0.717, 1.165) is 5.56 Å². The maximum Gasteiger partial charge on any atom is 0.251 e. The molecule has 2 rings (SSSR count). The van der Waals surface area contributed by atoms with Crippen molar-refractivity contribution in [1.82, 2.24) is 10.0 Å². The molecule has 0 saturated carbocycles. The normalized spacial score (nSPS) is 11.8. The van der Waals surface area contributed by atoms with Gasteiger partial charge in [0.2, 0.25) is 10.0 Å². The Labute approximate surface area is 167 Å². The van der Waals surface area contributed by atoms with E-state index in [4.69, 9.17) is 0 Å². The van der Waals surface area contributed by atoms with Crippen LogP contribution >= 0.6 is 0 Å². The minimum absolute atomic E-state index is 0.0553. The van der Waals surface area contributed by atoms with Gasteiger partial charge in [-0.05, 0) is 41.2 Å². The van der Waals surface area contributed by atoms with Crippen LogP contribution in [0.15, 0.2) is 66.1 Å². The number of carbonyl (C=O) groups excluding carboxylic acids is 1. The molecule has 28 heavy (non-hydrogen) atoms. The lowest BCUT2D eigenvalue weighted by Crippen LogP contribution is -2.27. The van der Waals surface area contributed by atoms with Gasteiger partial charge in [-0.3, -0.25) is 4.79 Å². The number of hydrogen-bond donors (Lipinski definition) is 2. The molecule has 0 aliphatic carbocycles. The van der Waals surface area contributed by atoms with E-state index in [0.29, 0.717) is 18.5 Å². The van der Waals surface area contributed by atoms with Crippen molar-refractivity contribution in [2.75, 3.05) is 13.1 Å². The summed E-state index contributed by atoms with van der Waals surface area (Å²) in [5.74, 6) is -0.299. The van der Waals surface area contributed by atoms with E-state index in [-0.39, 0.29) is 22.8 Å². The van der Waals surface area contributed by atoms with Crippen molar-refractivity contribution in [1.29, 1.82) is 0 Å². The fourth-order valence-electron chi connectivity index (χ4n) is 2.65. The minimum atomic E-state index is -3.66. The van der Waals surface area contributed by atoms with Gasteiger partial charge in [0.1, 0.15) is 0 Å². The van der Waals surface area contributed by atoms with Crippen molar-refractivity contribution in [2.24, 2.45) is 0 Å². The van der Waals surface area contributed by atoms with Crippen LogP contribution in [0, 0.1) is 0 Å². The van der Waals surface area contributed by atoms with Crippen LogP contribution in [0.25, 0.3) is 0 Å². The summed E-state index contributed by atoms with van der Waals surface area (Å²) in [5.41, 5.74) is 2.82. The molecule has 0 heterocycles. The van der Waals surface area contributed by atoms with Crippen molar-refractivity contribution in [2.45, 2.75) is 37.5 Å². The van der Waals surface area contributed by atoms with Crippen molar-refractivity contribution >= 4 is 15.9 Å². The highest BCUT2D eigenvalue weighted by Gasteiger charge is 2.15. The summed E-state index contributed by atoms with van der Waals surface area (Å²) < 4.78 is 26.7. The largest absolute Gasteiger partial charge is 0.352 e. The summed E-state index contributed by atoms with van der Waals surface area (Å²) in [6, 6.07) is 14.4. The van der Waals surface area contributed by atoms with E-state index in [1.54, 1.807) is 12.1 Å². The van der Waals surface area contributed by atoms with Gasteiger partial charge in [0, 0.05) is 18.7 Å². The summed E-state index contributed by atoms with van der Waals surface area (Å²) in [6.07, 6.45) is 2.16. The minimum Gasteiger partial charge on any atom is -0.352 e. The van der Waals surface area contributed by atoms with Gasteiger partial charge in [-0.25, -0.2) is 13.1 Å². The van der Waals surface area contributed by atoms with Crippen molar-refractivity contribution < 1.29 is 13.2 Å². The monoisotopic (exact) mass is 400 g/mol. The second-order valence-corrected chi connectivity index (χ2v) is 9.39. The lowest BCUT2D eigenvalue weighted by molar-refractivity contribution is 0.0954. The average Bonchev–Trinajstić information content (AvgIpc) is 2.66. The number of hydrogen-bond acceptors (Lipinski definition) is 3. The zero-order chi connectivity index (χ0) is 20.8. The highest BCUT2D eigenvalue weighted by Crippen LogP contribution is 2.22. The zero-order valence-electron chi connectivity index (χ0n) is 16.7. The first-order valence-electron chi connectivity index (χ1n) is 9.22. The van der Waals surface area contributed by atoms with Gasteiger partial charge in [-0.2, -0.15) is 0 Å². The summed E-state index contributed by atoms with van der Waals surface area (Å²) in [5, 5.41) is 2.84. The maximum absolute atomic E-state index is 12.4. The Bertz CT molecular complexity index is 927. The molecule has 150 valence electrons. The molecule has 0 aromatic heterocycles. The number of amides is 1. The zero-order valence-corrected chi connectivity index (χ0v) is 17.5. The molecule has 0 aliphatic rings. The molecule has 0 saturated heterocycles. The van der Waals surface area contributed by atoms with Crippen LogP contribution in [0.5, 0.6) is 0 Å². The fourth-order valence-corrected chi connectivity index (χ4v) is 3.69. The van der Waals surface area contributed by atoms with Gasteiger partial charge < -0.3 is 5.32 Å². The first kappa shape index (κ1) is 21.9. The Kier molecular flexibility index (Phi) is 7.16. The Morgan fingerprint density at radius 3 is 2.39 bits per heavy atom. The number of rotatable bonds is 8. The van der Waals surface area contributed by atoms with Gasteiger partial charge in [0.05, 0.1) is 4.90 Å². The molecule has 0 atom stereocenters. The Morgan fingerprint density at radius 1 is 1.11 bits per heavy atom. The van der Waals surface area contributed by atoms with Crippen LogP contribution in [0.3, 0.4) is 0 Å². The molecule has 2 N–H and O–H groups in total. The second kappa shape index (κ2) is 9.17. The highest BCUT2D eigenvalue weighted by molar-refractivity contribution is 7.89. The predicted octanol–water partition coefficient (Wildman–Crippen LogP) is 3.42. The predicted molar refractivity (Wildman–Crippen MR) is 113 cm³/mol. The van der Waals surface area contributed by atoms with E-state index in [9.17, 15) is 13.2 Å². The summed E-state index contributed by atoms with van der Waals surface area (Å²) >= 11 is 0. The molecule has 0 bridgehead atoms. The van der Waals surface area contributed by atoms with Crippen LogP contribution in [0.4, 0.5) is 0 Å². The van der Waals surface area contributed by atoms with Crippen LogP contribution in [-0.4, -0.2) is 27.4 Å². The number of sulfonamides is 1. The van der Waals surface area contributed by atoms with Crippen LogP contribution in [0.2, 0.25) is 0 Å². The standard InChI is InChI=1S/C22H28N2O3S/c1-5-14-24-28(26,27)20-8-6-7-18(16-20)21(25)23-15-13-17-9-11-19(12-10-17)22(2,3)4/h5-12,16,24H,1,13-15H2,2-4H3,(H,23,25). The van der Waals surface area contributed by atoms with Crippen molar-refractivity contribution in [3.8, 4) is 0 Å². The number of benzene rings is 2. The lowest BCUT2D eigenvalue weighted by atomic mass is 9.86. The van der Waals surface area contributed by atoms with E-state index in [2.05, 4.69) is 61.7 Å². The third-order valence-electron chi connectivity index (χ3n) is 4.34. The van der Waals surface area contributed by atoms with Gasteiger partial charge >= 0.3 is 0 Å². The molecule has 0 radical (unpaired) electrons. The maximum atomic E-state index is 12.4. The third-order valence-corrected chi connectivity index (χ3v) is 5.76. The molecule has 5 nitrogen and oxygen atoms in total. The SMILES string of the molecule is C=CCNS(=O)(=O)c1cccc(C(=O)NCCc2ccc(C(C)(C)C)cc2)c1. The molecule has 0 fully saturated rings. The topological polar surface area (TPSA) is 75.3 Å². The summed E-state index contributed by atoms with van der Waals surface area (Å²) in [7, 11) is -3.66. The molecule has 0 unspecified atom stereocenters. The Balaban J connectivity index is 1.96. The summed E-state index contributed by atoms with van der Waals surface area (Å²) in [4.78, 5) is 12.4. The molecule has 2 aromatic carbocycles. The number of carbonyl (C=O) groups is 1. The molecule has 0 spiro atoms. The van der Waals surface area contributed by atoms with E-state index >= 15 is 0 Å². The molecule has 6 heteroatoms. The Hall–Kier alpha value is -2.44. The van der Waals surface area contributed by atoms with Crippen molar-refractivity contribution in [3.05, 3.63) is 77.9 Å². The van der Waals surface area contributed by atoms with Gasteiger partial charge in [0.25, 0.3) is 5.91 Å². The van der Waals surface area contributed by atoms with Gasteiger partial charge in [0.15, 0.2) is 0 Å². The molecule has 1 amide bonds. The molecular weight excluding hydrogens is 372 g/mol. The van der Waals surface area contributed by atoms with Crippen LogP contribution in [0.1, 0.15) is 42.3 Å². The quantitative estimate of drug-likeness (QED) is 0.667. The van der Waals surface area contributed by atoms with E-state index < -0.39 is 10.0 Å². The smallest absolute Gasteiger partial charge is 0.251 e. The first-order chi connectivity index (χ1) is 13.1.